The van der Waals surface area contributed by atoms with Crippen molar-refractivity contribution in [3.63, 3.8) is 0 Å². The van der Waals surface area contributed by atoms with Gasteiger partial charge in [0.05, 0.1) is 10.0 Å². The summed E-state index contributed by atoms with van der Waals surface area (Å²) in [6, 6.07) is 6.13. The van der Waals surface area contributed by atoms with Crippen LogP contribution in [-0.2, 0) is 0 Å². The maximum Gasteiger partial charge on any atom is 0.354 e. The zero-order valence-electron chi connectivity index (χ0n) is 8.82. The summed E-state index contributed by atoms with van der Waals surface area (Å²) < 4.78 is 0. The number of pyridine rings is 1. The number of carbonyl (C=O) groups is 1. The Kier molecular flexibility index (Phi) is 3.76. The Hall–Kier alpha value is -1.29. The molecule has 0 atom stereocenters. The molecule has 1 aromatic carbocycles. The fourth-order valence-corrected chi connectivity index (χ4v) is 2.56. The predicted molar refractivity (Wildman–Crippen MR) is 71.7 cm³/mol. The number of halogens is 3. The third-order valence-corrected chi connectivity index (χ3v) is 3.09. The molecule has 2 aromatic rings. The smallest absolute Gasteiger partial charge is 0.354 e. The van der Waals surface area contributed by atoms with Gasteiger partial charge >= 0.3 is 5.97 Å². The monoisotopic (exact) mass is 301 g/mol. The van der Waals surface area contributed by atoms with E-state index in [2.05, 4.69) is 4.98 Å². The molecule has 0 fully saturated rings. The number of hydrogen-bond acceptors (Lipinski definition) is 2. The number of aromatic nitrogens is 1. The Morgan fingerprint density at radius 3 is 2.28 bits per heavy atom. The summed E-state index contributed by atoms with van der Waals surface area (Å²) in [4.78, 5) is 14.6. The summed E-state index contributed by atoms with van der Waals surface area (Å²) in [5, 5.41) is 10.0. The van der Waals surface area contributed by atoms with Gasteiger partial charge in [0.2, 0.25) is 0 Å². The van der Waals surface area contributed by atoms with E-state index in [1.54, 1.807) is 18.2 Å². The molecular formula is C12H6Cl3NO2. The highest BCUT2D eigenvalue weighted by Crippen LogP contribution is 2.37. The first kappa shape index (κ1) is 13.1. The van der Waals surface area contributed by atoms with Gasteiger partial charge in [0, 0.05) is 16.8 Å². The molecule has 0 bridgehead atoms. The average molecular weight is 303 g/mol. The van der Waals surface area contributed by atoms with E-state index >= 15 is 0 Å². The molecule has 0 aliphatic carbocycles. The molecular weight excluding hydrogens is 296 g/mol. The highest BCUT2D eigenvalue weighted by molar-refractivity contribution is 6.41. The van der Waals surface area contributed by atoms with Crippen LogP contribution in [0.5, 0.6) is 0 Å². The lowest BCUT2D eigenvalue weighted by Crippen LogP contribution is -1.99. The number of hydrogen-bond donors (Lipinski definition) is 1. The topological polar surface area (TPSA) is 50.2 Å². The lowest BCUT2D eigenvalue weighted by Gasteiger charge is -2.08. The van der Waals surface area contributed by atoms with Crippen molar-refractivity contribution in [2.24, 2.45) is 0 Å². The van der Waals surface area contributed by atoms with Crippen LogP contribution >= 0.6 is 34.8 Å². The maximum absolute atomic E-state index is 10.9. The van der Waals surface area contributed by atoms with Gasteiger partial charge in [-0.3, -0.25) is 0 Å². The van der Waals surface area contributed by atoms with Gasteiger partial charge in [0.1, 0.15) is 5.69 Å². The molecule has 1 aromatic heterocycles. The zero-order chi connectivity index (χ0) is 13.3. The van der Waals surface area contributed by atoms with Crippen molar-refractivity contribution < 1.29 is 9.90 Å². The Bertz CT molecular complexity index is 605. The fourth-order valence-electron chi connectivity index (χ4n) is 1.52. The van der Waals surface area contributed by atoms with Gasteiger partial charge < -0.3 is 5.11 Å². The van der Waals surface area contributed by atoms with E-state index < -0.39 is 5.97 Å². The van der Waals surface area contributed by atoms with Crippen molar-refractivity contribution in [1.29, 1.82) is 0 Å². The molecule has 1 N–H and O–H groups in total. The SMILES string of the molecule is O=C(O)c1cc(-c2c(Cl)cc(Cl)cc2Cl)ccn1. The van der Waals surface area contributed by atoms with Crippen molar-refractivity contribution in [3.05, 3.63) is 51.2 Å². The maximum atomic E-state index is 10.9. The largest absolute Gasteiger partial charge is 0.477 e. The van der Waals surface area contributed by atoms with E-state index in [0.717, 1.165) is 0 Å². The third kappa shape index (κ3) is 2.58. The van der Waals surface area contributed by atoms with E-state index in [1.807, 2.05) is 0 Å². The molecule has 6 heteroatoms. The second-order valence-corrected chi connectivity index (χ2v) is 4.73. The lowest BCUT2D eigenvalue weighted by molar-refractivity contribution is 0.0690. The number of carboxylic acid groups (broad SMARTS) is 1. The Morgan fingerprint density at radius 2 is 1.72 bits per heavy atom. The van der Waals surface area contributed by atoms with Gasteiger partial charge in [0.25, 0.3) is 0 Å². The van der Waals surface area contributed by atoms with Crippen LogP contribution in [0.3, 0.4) is 0 Å². The third-order valence-electron chi connectivity index (χ3n) is 2.27. The van der Waals surface area contributed by atoms with Crippen LogP contribution in [0.15, 0.2) is 30.5 Å². The average Bonchev–Trinajstić information content (AvgIpc) is 2.28. The lowest BCUT2D eigenvalue weighted by atomic mass is 10.1. The van der Waals surface area contributed by atoms with Crippen LogP contribution < -0.4 is 0 Å². The summed E-state index contributed by atoms with van der Waals surface area (Å²) in [6.07, 6.45) is 1.39. The van der Waals surface area contributed by atoms with Gasteiger partial charge in [-0.2, -0.15) is 0 Å². The van der Waals surface area contributed by atoms with Crippen molar-refractivity contribution >= 4 is 40.8 Å². The molecule has 0 spiro atoms. The second-order valence-electron chi connectivity index (χ2n) is 3.48. The van der Waals surface area contributed by atoms with Gasteiger partial charge in [-0.15, -0.1) is 0 Å². The minimum absolute atomic E-state index is 0.0745. The van der Waals surface area contributed by atoms with Crippen LogP contribution in [0.25, 0.3) is 11.1 Å². The molecule has 0 radical (unpaired) electrons. The molecule has 0 aliphatic rings. The van der Waals surface area contributed by atoms with Gasteiger partial charge in [-0.25, -0.2) is 9.78 Å². The molecule has 92 valence electrons. The quantitative estimate of drug-likeness (QED) is 0.894. The van der Waals surface area contributed by atoms with Gasteiger partial charge in [0.15, 0.2) is 0 Å². The molecule has 1 heterocycles. The van der Waals surface area contributed by atoms with Crippen molar-refractivity contribution in [1.82, 2.24) is 4.98 Å². The molecule has 0 saturated carbocycles. The minimum atomic E-state index is -1.11. The summed E-state index contributed by atoms with van der Waals surface area (Å²) in [5.41, 5.74) is 1.04. The Labute approximate surface area is 118 Å². The fraction of sp³-hybridized carbons (Fsp3) is 0. The van der Waals surface area contributed by atoms with Gasteiger partial charge in [-0.1, -0.05) is 34.8 Å². The molecule has 0 aliphatic heterocycles. The molecule has 3 nitrogen and oxygen atoms in total. The number of carboxylic acids is 1. The molecule has 2 rings (SSSR count). The van der Waals surface area contributed by atoms with Crippen LogP contribution in [-0.4, -0.2) is 16.1 Å². The normalized spacial score (nSPS) is 10.4. The van der Waals surface area contributed by atoms with Crippen molar-refractivity contribution in [3.8, 4) is 11.1 Å². The highest BCUT2D eigenvalue weighted by Gasteiger charge is 2.12. The van der Waals surface area contributed by atoms with Crippen LogP contribution in [0, 0.1) is 0 Å². The highest BCUT2D eigenvalue weighted by atomic mass is 35.5. The predicted octanol–water partition coefficient (Wildman–Crippen LogP) is 4.41. The summed E-state index contributed by atoms with van der Waals surface area (Å²) in [6.45, 7) is 0. The van der Waals surface area contributed by atoms with Crippen LogP contribution in [0.1, 0.15) is 10.5 Å². The van der Waals surface area contributed by atoms with Crippen LogP contribution in [0.2, 0.25) is 15.1 Å². The summed E-state index contributed by atoms with van der Waals surface area (Å²) in [7, 11) is 0. The standard InChI is InChI=1S/C12H6Cl3NO2/c13-7-4-8(14)11(9(15)5-7)6-1-2-16-10(3-6)12(17)18/h1-5H,(H,17,18). The number of aromatic carboxylic acids is 1. The van der Waals surface area contributed by atoms with E-state index in [1.165, 1.54) is 12.3 Å². The van der Waals surface area contributed by atoms with Gasteiger partial charge in [-0.05, 0) is 29.8 Å². The van der Waals surface area contributed by atoms with E-state index in [-0.39, 0.29) is 5.69 Å². The molecule has 0 amide bonds. The summed E-state index contributed by atoms with van der Waals surface area (Å²) in [5.74, 6) is -1.11. The number of rotatable bonds is 2. The van der Waals surface area contributed by atoms with Crippen molar-refractivity contribution in [2.45, 2.75) is 0 Å². The number of benzene rings is 1. The van der Waals surface area contributed by atoms with E-state index in [9.17, 15) is 4.79 Å². The van der Waals surface area contributed by atoms with E-state index in [0.29, 0.717) is 26.2 Å². The second kappa shape index (κ2) is 5.14. The molecule has 0 saturated heterocycles. The minimum Gasteiger partial charge on any atom is -0.477 e. The van der Waals surface area contributed by atoms with E-state index in [4.69, 9.17) is 39.9 Å². The van der Waals surface area contributed by atoms with Crippen molar-refractivity contribution in [2.75, 3.05) is 0 Å². The first-order chi connectivity index (χ1) is 8.49. The zero-order valence-corrected chi connectivity index (χ0v) is 11.1. The Morgan fingerprint density at radius 1 is 1.11 bits per heavy atom. The summed E-state index contributed by atoms with van der Waals surface area (Å²) >= 11 is 17.9. The number of nitrogens with zero attached hydrogens (tertiary/aromatic N) is 1. The van der Waals surface area contributed by atoms with Crippen LogP contribution in [0.4, 0.5) is 0 Å². The Balaban J connectivity index is 2.62. The first-order valence-corrected chi connectivity index (χ1v) is 5.96. The first-order valence-electron chi connectivity index (χ1n) is 4.83. The molecule has 0 unspecified atom stereocenters. The molecule has 18 heavy (non-hydrogen) atoms.